The van der Waals surface area contributed by atoms with Crippen LogP contribution < -0.4 is 5.32 Å². The second-order valence-corrected chi connectivity index (χ2v) is 6.42. The zero-order valence-corrected chi connectivity index (χ0v) is 14.9. The van der Waals surface area contributed by atoms with Gasteiger partial charge in [0.25, 0.3) is 0 Å². The maximum absolute atomic E-state index is 13.2. The van der Waals surface area contributed by atoms with E-state index in [0.717, 1.165) is 22.2 Å². The van der Waals surface area contributed by atoms with E-state index in [1.165, 1.54) is 24.3 Å². The van der Waals surface area contributed by atoms with Crippen LogP contribution in [0.25, 0.3) is 10.9 Å². The van der Waals surface area contributed by atoms with Gasteiger partial charge in [-0.1, -0.05) is 24.3 Å². The number of hydrogen-bond donors (Lipinski definition) is 3. The standard InChI is InChI=1S/C20H18FN5O/c1-11-4-3-5-15-17(11)23-20(18(27)13-6-8-14(21)9-7-13)24-19(15)22-16-10-12(2)25-26-16/h3-10,18,27H,1-2H3,(H2,22,23,24,25,26)/t18-/m1/s1. The third-order valence-electron chi connectivity index (χ3n) is 4.33. The monoisotopic (exact) mass is 363 g/mol. The van der Waals surface area contributed by atoms with Crippen molar-refractivity contribution in [1.82, 2.24) is 20.2 Å². The smallest absolute Gasteiger partial charge is 0.164 e. The van der Waals surface area contributed by atoms with Crippen LogP contribution in [0.15, 0.2) is 48.5 Å². The number of benzene rings is 2. The van der Waals surface area contributed by atoms with E-state index in [1.807, 2.05) is 38.1 Å². The molecule has 0 aliphatic carbocycles. The summed E-state index contributed by atoms with van der Waals surface area (Å²) < 4.78 is 13.2. The molecule has 0 aliphatic rings. The van der Waals surface area contributed by atoms with E-state index in [9.17, 15) is 9.50 Å². The van der Waals surface area contributed by atoms with Crippen LogP contribution in [0.3, 0.4) is 0 Å². The van der Waals surface area contributed by atoms with Crippen molar-refractivity contribution in [3.8, 4) is 0 Å². The largest absolute Gasteiger partial charge is 0.380 e. The number of para-hydroxylation sites is 1. The molecule has 2 heterocycles. The Morgan fingerprint density at radius 1 is 1.07 bits per heavy atom. The summed E-state index contributed by atoms with van der Waals surface area (Å²) in [5, 5.41) is 21.8. The van der Waals surface area contributed by atoms with Crippen LogP contribution in [0, 0.1) is 19.7 Å². The average Bonchev–Trinajstić information content (AvgIpc) is 3.07. The molecule has 0 aliphatic heterocycles. The summed E-state index contributed by atoms with van der Waals surface area (Å²) in [6, 6.07) is 13.3. The number of nitrogens with one attached hydrogen (secondary N) is 2. The number of aliphatic hydroxyl groups excluding tert-OH is 1. The Bertz CT molecular complexity index is 1110. The van der Waals surface area contributed by atoms with Gasteiger partial charge in [-0.15, -0.1) is 0 Å². The minimum Gasteiger partial charge on any atom is -0.380 e. The van der Waals surface area contributed by atoms with E-state index in [2.05, 4.69) is 25.5 Å². The molecule has 1 atom stereocenters. The van der Waals surface area contributed by atoms with Gasteiger partial charge in [-0.2, -0.15) is 5.10 Å². The molecule has 0 saturated carbocycles. The molecule has 7 heteroatoms. The number of anilines is 2. The minimum atomic E-state index is -1.07. The second kappa shape index (κ2) is 6.77. The molecule has 4 rings (SSSR count). The topological polar surface area (TPSA) is 86.7 Å². The van der Waals surface area contributed by atoms with Crippen molar-refractivity contribution in [3.63, 3.8) is 0 Å². The van der Waals surface area contributed by atoms with Crippen LogP contribution in [0.4, 0.5) is 16.0 Å². The molecule has 6 nitrogen and oxygen atoms in total. The number of aliphatic hydroxyl groups is 1. The SMILES string of the molecule is Cc1cc(Nc2nc([C@H](O)c3ccc(F)cc3)nc3c(C)cccc23)n[nH]1. The first kappa shape index (κ1) is 17.1. The molecule has 2 aromatic carbocycles. The van der Waals surface area contributed by atoms with Crippen molar-refractivity contribution >= 4 is 22.5 Å². The van der Waals surface area contributed by atoms with Crippen molar-refractivity contribution in [3.05, 3.63) is 77.0 Å². The summed E-state index contributed by atoms with van der Waals surface area (Å²) in [5.41, 5.74) is 3.13. The normalized spacial score (nSPS) is 12.3. The third kappa shape index (κ3) is 3.37. The fourth-order valence-electron chi connectivity index (χ4n) is 2.93. The molecule has 0 unspecified atom stereocenters. The lowest BCUT2D eigenvalue weighted by Crippen LogP contribution is -2.09. The quantitative estimate of drug-likeness (QED) is 0.511. The fourth-order valence-corrected chi connectivity index (χ4v) is 2.93. The van der Waals surface area contributed by atoms with Crippen LogP contribution in [0.5, 0.6) is 0 Å². The van der Waals surface area contributed by atoms with Gasteiger partial charge in [-0.05, 0) is 43.2 Å². The molecule has 27 heavy (non-hydrogen) atoms. The average molecular weight is 363 g/mol. The van der Waals surface area contributed by atoms with E-state index in [1.54, 1.807) is 0 Å². The molecular formula is C20H18FN5O. The Morgan fingerprint density at radius 2 is 1.85 bits per heavy atom. The lowest BCUT2D eigenvalue weighted by atomic mass is 10.1. The van der Waals surface area contributed by atoms with Crippen molar-refractivity contribution < 1.29 is 9.50 Å². The van der Waals surface area contributed by atoms with Crippen LogP contribution in [0.2, 0.25) is 0 Å². The van der Waals surface area contributed by atoms with Crippen LogP contribution >= 0.6 is 0 Å². The Kier molecular flexibility index (Phi) is 4.29. The Hall–Kier alpha value is -3.32. The summed E-state index contributed by atoms with van der Waals surface area (Å²) >= 11 is 0. The van der Waals surface area contributed by atoms with Gasteiger partial charge in [0.15, 0.2) is 11.6 Å². The van der Waals surface area contributed by atoms with Gasteiger partial charge < -0.3 is 10.4 Å². The van der Waals surface area contributed by atoms with Gasteiger partial charge in [0.2, 0.25) is 0 Å². The van der Waals surface area contributed by atoms with Gasteiger partial charge in [0, 0.05) is 17.1 Å². The van der Waals surface area contributed by atoms with Crippen LogP contribution in [-0.2, 0) is 0 Å². The summed E-state index contributed by atoms with van der Waals surface area (Å²) in [6.07, 6.45) is -1.07. The van der Waals surface area contributed by atoms with E-state index >= 15 is 0 Å². The lowest BCUT2D eigenvalue weighted by Gasteiger charge is -2.14. The van der Waals surface area contributed by atoms with Gasteiger partial charge in [0.1, 0.15) is 17.7 Å². The maximum atomic E-state index is 13.2. The van der Waals surface area contributed by atoms with E-state index in [4.69, 9.17) is 0 Å². The Balaban J connectivity index is 1.83. The molecule has 0 radical (unpaired) electrons. The van der Waals surface area contributed by atoms with Crippen LogP contribution in [-0.4, -0.2) is 25.3 Å². The van der Waals surface area contributed by atoms with Gasteiger partial charge in [-0.25, -0.2) is 14.4 Å². The number of hydrogen-bond acceptors (Lipinski definition) is 5. The van der Waals surface area contributed by atoms with E-state index < -0.39 is 6.10 Å². The van der Waals surface area contributed by atoms with Crippen molar-refractivity contribution in [2.24, 2.45) is 0 Å². The highest BCUT2D eigenvalue weighted by atomic mass is 19.1. The number of fused-ring (bicyclic) bond motifs is 1. The van der Waals surface area contributed by atoms with Gasteiger partial charge in [0.05, 0.1) is 5.52 Å². The number of aromatic amines is 1. The number of halogens is 1. The van der Waals surface area contributed by atoms with Crippen LogP contribution in [0.1, 0.15) is 28.7 Å². The van der Waals surface area contributed by atoms with Crippen molar-refractivity contribution in [2.45, 2.75) is 20.0 Å². The zero-order chi connectivity index (χ0) is 19.0. The Labute approximate surface area is 155 Å². The molecule has 136 valence electrons. The number of aryl methyl sites for hydroxylation is 2. The maximum Gasteiger partial charge on any atom is 0.164 e. The predicted molar refractivity (Wildman–Crippen MR) is 101 cm³/mol. The van der Waals surface area contributed by atoms with E-state index in [0.29, 0.717) is 17.2 Å². The third-order valence-corrected chi connectivity index (χ3v) is 4.33. The van der Waals surface area contributed by atoms with Gasteiger partial charge >= 0.3 is 0 Å². The summed E-state index contributed by atoms with van der Waals surface area (Å²) in [7, 11) is 0. The first-order valence-electron chi connectivity index (χ1n) is 8.51. The molecule has 0 amide bonds. The number of H-pyrrole nitrogens is 1. The molecule has 3 N–H and O–H groups in total. The molecule has 0 saturated heterocycles. The highest BCUT2D eigenvalue weighted by molar-refractivity contribution is 5.92. The fraction of sp³-hybridized carbons (Fsp3) is 0.150. The van der Waals surface area contributed by atoms with Gasteiger partial charge in [-0.3, -0.25) is 5.10 Å². The van der Waals surface area contributed by atoms with Crippen molar-refractivity contribution in [1.29, 1.82) is 0 Å². The highest BCUT2D eigenvalue weighted by Crippen LogP contribution is 2.29. The molecule has 4 aromatic rings. The van der Waals surface area contributed by atoms with E-state index in [-0.39, 0.29) is 11.6 Å². The highest BCUT2D eigenvalue weighted by Gasteiger charge is 2.18. The predicted octanol–water partition coefficient (Wildman–Crippen LogP) is 3.93. The summed E-state index contributed by atoms with van der Waals surface area (Å²) in [4.78, 5) is 9.08. The summed E-state index contributed by atoms with van der Waals surface area (Å²) in [5.74, 6) is 1.04. The van der Waals surface area contributed by atoms with Crippen molar-refractivity contribution in [2.75, 3.05) is 5.32 Å². The molecule has 0 fully saturated rings. The first-order chi connectivity index (χ1) is 13.0. The minimum absolute atomic E-state index is 0.234. The number of aromatic nitrogens is 4. The lowest BCUT2D eigenvalue weighted by molar-refractivity contribution is 0.210. The molecular weight excluding hydrogens is 345 g/mol. The second-order valence-electron chi connectivity index (χ2n) is 6.42. The molecule has 0 spiro atoms. The zero-order valence-electron chi connectivity index (χ0n) is 14.9. The number of rotatable bonds is 4. The molecule has 2 aromatic heterocycles. The summed E-state index contributed by atoms with van der Waals surface area (Å²) in [6.45, 7) is 3.86. The molecule has 0 bridgehead atoms. The Morgan fingerprint density at radius 3 is 2.56 bits per heavy atom. The number of nitrogens with zero attached hydrogens (tertiary/aromatic N) is 3. The first-order valence-corrected chi connectivity index (χ1v) is 8.51.